The third-order valence-electron chi connectivity index (χ3n) is 3.75. The lowest BCUT2D eigenvalue weighted by atomic mass is 10.0. The second kappa shape index (κ2) is 6.61. The Labute approximate surface area is 148 Å². The van der Waals surface area contributed by atoms with Gasteiger partial charge in [-0.05, 0) is 43.2 Å². The molecule has 0 saturated heterocycles. The predicted octanol–water partition coefficient (Wildman–Crippen LogP) is 2.86. The van der Waals surface area contributed by atoms with Crippen molar-refractivity contribution in [3.05, 3.63) is 62.8 Å². The summed E-state index contributed by atoms with van der Waals surface area (Å²) in [5, 5.41) is 11.5. The molecule has 0 fully saturated rings. The SMILES string of the molecule is Cc1cc(C)c2c(=O)c(OCC(=O)[O-])c(-c3ccccc3Cl)oc2c1. The molecule has 0 N–H and O–H groups in total. The van der Waals surface area contributed by atoms with Crippen LogP contribution in [-0.2, 0) is 4.79 Å². The Morgan fingerprint density at radius 1 is 1.24 bits per heavy atom. The van der Waals surface area contributed by atoms with Crippen LogP contribution in [-0.4, -0.2) is 12.6 Å². The van der Waals surface area contributed by atoms with Gasteiger partial charge in [-0.2, -0.15) is 0 Å². The fourth-order valence-electron chi connectivity index (χ4n) is 2.76. The summed E-state index contributed by atoms with van der Waals surface area (Å²) in [4.78, 5) is 23.7. The van der Waals surface area contributed by atoms with E-state index in [1.165, 1.54) is 0 Å². The summed E-state index contributed by atoms with van der Waals surface area (Å²) in [6, 6.07) is 10.4. The van der Waals surface area contributed by atoms with E-state index in [0.29, 0.717) is 27.1 Å². The van der Waals surface area contributed by atoms with E-state index in [1.807, 2.05) is 13.0 Å². The van der Waals surface area contributed by atoms with Crippen LogP contribution < -0.4 is 15.3 Å². The minimum absolute atomic E-state index is 0.0920. The van der Waals surface area contributed by atoms with Gasteiger partial charge in [0.2, 0.25) is 11.2 Å². The van der Waals surface area contributed by atoms with Crippen LogP contribution in [0.5, 0.6) is 5.75 Å². The lowest BCUT2D eigenvalue weighted by Gasteiger charge is -2.14. The zero-order valence-electron chi connectivity index (χ0n) is 13.6. The number of rotatable bonds is 4. The summed E-state index contributed by atoms with van der Waals surface area (Å²) in [6.45, 7) is 2.91. The van der Waals surface area contributed by atoms with Crippen molar-refractivity contribution in [1.82, 2.24) is 0 Å². The number of aryl methyl sites for hydroxylation is 2. The number of carboxylic acids is 1. The lowest BCUT2D eigenvalue weighted by molar-refractivity contribution is -0.307. The molecule has 1 heterocycles. The van der Waals surface area contributed by atoms with Crippen LogP contribution in [0.4, 0.5) is 0 Å². The first-order chi connectivity index (χ1) is 11.9. The predicted molar refractivity (Wildman–Crippen MR) is 92.9 cm³/mol. The maximum absolute atomic E-state index is 12.9. The highest BCUT2D eigenvalue weighted by Crippen LogP contribution is 2.36. The molecule has 0 saturated carbocycles. The largest absolute Gasteiger partial charge is 0.546 e. The van der Waals surface area contributed by atoms with Crippen LogP contribution in [0.3, 0.4) is 0 Å². The molecular weight excluding hydrogens is 344 g/mol. The van der Waals surface area contributed by atoms with Crippen molar-refractivity contribution in [3.63, 3.8) is 0 Å². The van der Waals surface area contributed by atoms with Crippen molar-refractivity contribution in [3.8, 4) is 17.1 Å². The second-order valence-electron chi connectivity index (χ2n) is 5.68. The van der Waals surface area contributed by atoms with Crippen LogP contribution in [0.25, 0.3) is 22.3 Å². The third kappa shape index (κ3) is 3.23. The molecule has 0 atom stereocenters. The summed E-state index contributed by atoms with van der Waals surface area (Å²) in [7, 11) is 0. The number of aliphatic carboxylic acids is 1. The molecule has 128 valence electrons. The highest BCUT2D eigenvalue weighted by Gasteiger charge is 2.20. The zero-order chi connectivity index (χ0) is 18.1. The van der Waals surface area contributed by atoms with E-state index in [2.05, 4.69) is 0 Å². The van der Waals surface area contributed by atoms with Gasteiger partial charge in [0.25, 0.3) is 0 Å². The number of hydrogen-bond acceptors (Lipinski definition) is 5. The molecule has 6 heteroatoms. The molecule has 3 aromatic rings. The van der Waals surface area contributed by atoms with Gasteiger partial charge in [-0.15, -0.1) is 0 Å². The van der Waals surface area contributed by atoms with Gasteiger partial charge in [-0.25, -0.2) is 0 Å². The molecule has 25 heavy (non-hydrogen) atoms. The fraction of sp³-hybridized carbons (Fsp3) is 0.158. The van der Waals surface area contributed by atoms with E-state index in [9.17, 15) is 14.7 Å². The minimum Gasteiger partial charge on any atom is -0.546 e. The Morgan fingerprint density at radius 2 is 1.96 bits per heavy atom. The van der Waals surface area contributed by atoms with E-state index in [1.54, 1.807) is 37.3 Å². The second-order valence-corrected chi connectivity index (χ2v) is 6.09. The first-order valence-corrected chi connectivity index (χ1v) is 7.92. The Hall–Kier alpha value is -2.79. The number of halogens is 1. The van der Waals surface area contributed by atoms with Gasteiger partial charge in [0.15, 0.2) is 5.76 Å². The first-order valence-electron chi connectivity index (χ1n) is 7.54. The smallest absolute Gasteiger partial charge is 0.235 e. The van der Waals surface area contributed by atoms with Gasteiger partial charge in [-0.1, -0.05) is 29.8 Å². The van der Waals surface area contributed by atoms with Crippen LogP contribution in [0.2, 0.25) is 5.02 Å². The van der Waals surface area contributed by atoms with Gasteiger partial charge in [-0.3, -0.25) is 4.79 Å². The molecule has 0 unspecified atom stereocenters. The minimum atomic E-state index is -1.44. The normalized spacial score (nSPS) is 10.8. The van der Waals surface area contributed by atoms with Crippen molar-refractivity contribution < 1.29 is 19.1 Å². The van der Waals surface area contributed by atoms with Crippen LogP contribution >= 0.6 is 11.6 Å². The number of ether oxygens (including phenoxy) is 1. The number of benzene rings is 2. The molecular formula is C19H14ClO5-. The molecule has 0 radical (unpaired) electrons. The first kappa shape index (κ1) is 17.0. The molecule has 0 aliphatic rings. The summed E-state index contributed by atoms with van der Waals surface area (Å²) in [5.41, 5.74) is 2.03. The van der Waals surface area contributed by atoms with E-state index in [0.717, 1.165) is 5.56 Å². The molecule has 0 amide bonds. The van der Waals surface area contributed by atoms with Crippen molar-refractivity contribution in [2.75, 3.05) is 6.61 Å². The van der Waals surface area contributed by atoms with Crippen LogP contribution in [0, 0.1) is 13.8 Å². The van der Waals surface area contributed by atoms with E-state index in [-0.39, 0.29) is 11.5 Å². The average Bonchev–Trinajstić information content (AvgIpc) is 2.53. The van der Waals surface area contributed by atoms with E-state index in [4.69, 9.17) is 20.8 Å². The van der Waals surface area contributed by atoms with Crippen molar-refractivity contribution in [1.29, 1.82) is 0 Å². The van der Waals surface area contributed by atoms with Gasteiger partial charge < -0.3 is 19.1 Å². The number of carbonyl (C=O) groups is 1. The maximum Gasteiger partial charge on any atom is 0.235 e. The van der Waals surface area contributed by atoms with Gasteiger partial charge in [0, 0.05) is 5.56 Å². The van der Waals surface area contributed by atoms with Gasteiger partial charge >= 0.3 is 0 Å². The molecule has 2 aromatic carbocycles. The molecule has 0 aliphatic heterocycles. The molecule has 0 spiro atoms. The zero-order valence-corrected chi connectivity index (χ0v) is 14.3. The Morgan fingerprint density at radius 3 is 2.64 bits per heavy atom. The highest BCUT2D eigenvalue weighted by molar-refractivity contribution is 6.33. The Balaban J connectivity index is 2.37. The van der Waals surface area contributed by atoms with Gasteiger partial charge in [0.05, 0.1) is 16.4 Å². The molecule has 3 rings (SSSR count). The van der Waals surface area contributed by atoms with Crippen LogP contribution in [0.1, 0.15) is 11.1 Å². The van der Waals surface area contributed by atoms with Crippen LogP contribution in [0.15, 0.2) is 45.6 Å². The summed E-state index contributed by atoms with van der Waals surface area (Å²) >= 11 is 6.21. The topological polar surface area (TPSA) is 79.6 Å². The summed E-state index contributed by atoms with van der Waals surface area (Å²) in [5.74, 6) is -1.55. The molecule has 5 nitrogen and oxygen atoms in total. The monoisotopic (exact) mass is 357 g/mol. The van der Waals surface area contributed by atoms with Crippen molar-refractivity contribution in [2.45, 2.75) is 13.8 Å². The Kier molecular flexibility index (Phi) is 4.51. The standard InChI is InChI=1S/C19H15ClO5/c1-10-7-11(2)16-14(8-10)25-18(12-5-3-4-6-13(12)20)19(17(16)23)24-9-15(21)22/h3-8H,9H2,1-2H3,(H,21,22)/p-1. The quantitative estimate of drug-likeness (QED) is 0.717. The fourth-order valence-corrected chi connectivity index (χ4v) is 2.98. The number of carbonyl (C=O) groups excluding carboxylic acids is 1. The molecule has 0 aliphatic carbocycles. The molecule has 0 bridgehead atoms. The van der Waals surface area contributed by atoms with Gasteiger partial charge in [0.1, 0.15) is 12.2 Å². The maximum atomic E-state index is 12.9. The van der Waals surface area contributed by atoms with Crippen molar-refractivity contribution >= 4 is 28.5 Å². The summed E-state index contributed by atoms with van der Waals surface area (Å²) in [6.07, 6.45) is 0. The van der Waals surface area contributed by atoms with Crippen molar-refractivity contribution in [2.24, 2.45) is 0 Å². The average molecular weight is 358 g/mol. The lowest BCUT2D eigenvalue weighted by Crippen LogP contribution is -2.30. The highest BCUT2D eigenvalue weighted by atomic mass is 35.5. The molecule has 1 aromatic heterocycles. The Bertz CT molecular complexity index is 1040. The summed E-state index contributed by atoms with van der Waals surface area (Å²) < 4.78 is 11.1. The van der Waals surface area contributed by atoms with E-state index < -0.39 is 18.0 Å². The number of fused-ring (bicyclic) bond motifs is 1. The third-order valence-corrected chi connectivity index (χ3v) is 4.08. The number of carboxylic acid groups (broad SMARTS) is 1. The number of hydrogen-bond donors (Lipinski definition) is 0. The van der Waals surface area contributed by atoms with E-state index >= 15 is 0 Å².